The second kappa shape index (κ2) is 4.60. The molecule has 0 saturated carbocycles. The van der Waals surface area contributed by atoms with Crippen LogP contribution in [0.25, 0.3) is 5.70 Å². The van der Waals surface area contributed by atoms with Crippen molar-refractivity contribution in [3.63, 3.8) is 0 Å². The fraction of sp³-hybridized carbons (Fsp3) is 0.154. The molecule has 1 N–H and O–H groups in total. The number of imidazole rings is 1. The van der Waals surface area contributed by atoms with E-state index in [2.05, 4.69) is 46.8 Å². The number of aromatic amines is 1. The van der Waals surface area contributed by atoms with Gasteiger partial charge in [0.25, 0.3) is 0 Å². The van der Waals surface area contributed by atoms with Crippen LogP contribution in [0.3, 0.4) is 0 Å². The van der Waals surface area contributed by atoms with Crippen LogP contribution in [-0.2, 0) is 6.42 Å². The third-order valence-electron chi connectivity index (χ3n) is 2.44. The summed E-state index contributed by atoms with van der Waals surface area (Å²) in [6.07, 6.45) is 9.01. The average Bonchev–Trinajstić information content (AvgIpc) is 2.81. The molecule has 0 aliphatic rings. The maximum absolute atomic E-state index is 3.05. The van der Waals surface area contributed by atoms with E-state index in [-0.39, 0.29) is 0 Å². The first kappa shape index (κ1) is 9.71. The summed E-state index contributed by atoms with van der Waals surface area (Å²) in [5, 5.41) is 0. The van der Waals surface area contributed by atoms with Gasteiger partial charge in [-0.1, -0.05) is 30.3 Å². The van der Waals surface area contributed by atoms with Crippen LogP contribution in [0.15, 0.2) is 55.1 Å². The van der Waals surface area contributed by atoms with E-state index >= 15 is 0 Å². The zero-order chi connectivity index (χ0) is 10.5. The largest absolute Gasteiger partial charge is 0.250 e. The molecule has 1 aromatic carbocycles. The molecule has 76 valence electrons. The number of nitrogens with one attached hydrogen (secondary N) is 1. The lowest BCUT2D eigenvalue weighted by atomic mass is 10.1. The number of hydrogen-bond donors (Lipinski definition) is 1. The molecular formula is C13H15N2+. The Balaban J connectivity index is 2.18. The predicted octanol–water partition coefficient (Wildman–Crippen LogP) is 2.41. The molecule has 0 aliphatic heterocycles. The quantitative estimate of drug-likeness (QED) is 0.732. The van der Waals surface area contributed by atoms with Crippen LogP contribution >= 0.6 is 0 Å². The van der Waals surface area contributed by atoms with E-state index < -0.39 is 0 Å². The molecule has 2 heteroatoms. The van der Waals surface area contributed by atoms with Gasteiger partial charge < -0.3 is 0 Å². The van der Waals surface area contributed by atoms with E-state index in [4.69, 9.17) is 0 Å². The van der Waals surface area contributed by atoms with Crippen molar-refractivity contribution in [1.82, 2.24) is 4.98 Å². The van der Waals surface area contributed by atoms with E-state index in [1.807, 2.05) is 24.8 Å². The third kappa shape index (κ3) is 2.34. The molecule has 15 heavy (non-hydrogen) atoms. The van der Waals surface area contributed by atoms with E-state index in [0.717, 1.165) is 6.42 Å². The molecule has 0 amide bonds. The zero-order valence-corrected chi connectivity index (χ0v) is 8.85. The summed E-state index contributed by atoms with van der Waals surface area (Å²) in [7, 11) is 0. The molecule has 0 saturated heterocycles. The first-order valence-corrected chi connectivity index (χ1v) is 5.13. The van der Waals surface area contributed by atoms with Gasteiger partial charge in [-0.25, -0.2) is 9.55 Å². The van der Waals surface area contributed by atoms with Gasteiger partial charge in [-0.05, 0) is 18.6 Å². The molecule has 1 heterocycles. The number of allylic oxidation sites excluding steroid dienone is 2. The monoisotopic (exact) mass is 199 g/mol. The minimum atomic E-state index is 0.958. The summed E-state index contributed by atoms with van der Waals surface area (Å²) in [5.41, 5.74) is 2.61. The zero-order valence-electron chi connectivity index (χ0n) is 8.85. The van der Waals surface area contributed by atoms with Gasteiger partial charge in [-0.3, -0.25) is 0 Å². The van der Waals surface area contributed by atoms with Crippen LogP contribution in [-0.4, -0.2) is 4.98 Å². The first-order valence-electron chi connectivity index (χ1n) is 5.13. The summed E-state index contributed by atoms with van der Waals surface area (Å²) in [5.74, 6) is 0. The smallest absolute Gasteiger partial charge is 0.246 e. The Bertz CT molecular complexity index is 427. The molecule has 0 unspecified atom stereocenters. The highest BCUT2D eigenvalue weighted by molar-refractivity contribution is 5.39. The van der Waals surface area contributed by atoms with Crippen LogP contribution in [0.1, 0.15) is 12.5 Å². The normalized spacial score (nSPS) is 11.7. The third-order valence-corrected chi connectivity index (χ3v) is 2.44. The van der Waals surface area contributed by atoms with Gasteiger partial charge in [0.1, 0.15) is 18.1 Å². The average molecular weight is 199 g/mol. The molecule has 2 rings (SSSR count). The molecular weight excluding hydrogens is 184 g/mol. The Kier molecular flexibility index (Phi) is 2.98. The van der Waals surface area contributed by atoms with Crippen molar-refractivity contribution < 1.29 is 4.57 Å². The summed E-state index contributed by atoms with van der Waals surface area (Å²) >= 11 is 0. The van der Waals surface area contributed by atoms with Crippen LogP contribution < -0.4 is 4.57 Å². The number of aromatic nitrogens is 2. The Hall–Kier alpha value is -1.83. The predicted molar refractivity (Wildman–Crippen MR) is 61.1 cm³/mol. The second-order valence-electron chi connectivity index (χ2n) is 3.46. The SMILES string of the molecule is CC=C(Cc1ccccc1)[n+]1cc[nH]c1. The van der Waals surface area contributed by atoms with Gasteiger partial charge in [0.15, 0.2) is 0 Å². The van der Waals surface area contributed by atoms with Gasteiger partial charge in [-0.2, -0.15) is 0 Å². The first-order chi connectivity index (χ1) is 7.40. The Morgan fingerprint density at radius 1 is 1.33 bits per heavy atom. The van der Waals surface area contributed by atoms with Crippen molar-refractivity contribution in [3.05, 3.63) is 60.7 Å². The number of hydrogen-bond acceptors (Lipinski definition) is 0. The van der Waals surface area contributed by atoms with Crippen LogP contribution in [0, 0.1) is 0 Å². The van der Waals surface area contributed by atoms with E-state index in [1.165, 1.54) is 11.3 Å². The molecule has 0 atom stereocenters. The minimum Gasteiger partial charge on any atom is -0.250 e. The lowest BCUT2D eigenvalue weighted by Crippen LogP contribution is -2.30. The van der Waals surface area contributed by atoms with Gasteiger partial charge in [0, 0.05) is 6.42 Å². The van der Waals surface area contributed by atoms with Gasteiger partial charge in [0.05, 0.1) is 0 Å². The summed E-state index contributed by atoms with van der Waals surface area (Å²) in [6.45, 7) is 2.07. The van der Waals surface area contributed by atoms with Crippen molar-refractivity contribution in [2.45, 2.75) is 13.3 Å². The molecule has 0 spiro atoms. The Morgan fingerprint density at radius 3 is 2.73 bits per heavy atom. The fourth-order valence-electron chi connectivity index (χ4n) is 1.62. The Labute approximate surface area is 89.9 Å². The van der Waals surface area contributed by atoms with Crippen molar-refractivity contribution in [2.24, 2.45) is 0 Å². The molecule has 0 fully saturated rings. The van der Waals surface area contributed by atoms with Crippen LogP contribution in [0.4, 0.5) is 0 Å². The van der Waals surface area contributed by atoms with E-state index in [0.29, 0.717) is 0 Å². The number of rotatable bonds is 3. The molecule has 0 radical (unpaired) electrons. The standard InChI is InChI=1S/C13H14N2/c1-2-13(15-9-8-14-11-15)10-12-6-4-3-5-7-12/h2-9,11H,10H2,1H3/p+1. The maximum atomic E-state index is 3.05. The highest BCUT2D eigenvalue weighted by Crippen LogP contribution is 2.06. The maximum Gasteiger partial charge on any atom is 0.246 e. The van der Waals surface area contributed by atoms with Gasteiger partial charge in [-0.15, -0.1) is 0 Å². The molecule has 0 bridgehead atoms. The highest BCUT2D eigenvalue weighted by atomic mass is 15.0. The number of benzene rings is 1. The summed E-state index contributed by atoms with van der Waals surface area (Å²) < 4.78 is 2.10. The lowest BCUT2D eigenvalue weighted by molar-refractivity contribution is -0.581. The van der Waals surface area contributed by atoms with Gasteiger partial charge >= 0.3 is 0 Å². The Morgan fingerprint density at radius 2 is 2.13 bits per heavy atom. The van der Waals surface area contributed by atoms with Gasteiger partial charge in [0.2, 0.25) is 6.33 Å². The minimum absolute atomic E-state index is 0.958. The second-order valence-corrected chi connectivity index (χ2v) is 3.46. The van der Waals surface area contributed by atoms with Crippen molar-refractivity contribution in [1.29, 1.82) is 0 Å². The lowest BCUT2D eigenvalue weighted by Gasteiger charge is -2.02. The van der Waals surface area contributed by atoms with Crippen molar-refractivity contribution in [3.8, 4) is 0 Å². The van der Waals surface area contributed by atoms with Crippen molar-refractivity contribution in [2.75, 3.05) is 0 Å². The highest BCUT2D eigenvalue weighted by Gasteiger charge is 2.05. The van der Waals surface area contributed by atoms with Crippen LogP contribution in [0.5, 0.6) is 0 Å². The molecule has 1 aromatic heterocycles. The fourth-order valence-corrected chi connectivity index (χ4v) is 1.62. The summed E-state index contributed by atoms with van der Waals surface area (Å²) in [6, 6.07) is 10.5. The summed E-state index contributed by atoms with van der Waals surface area (Å²) in [4.78, 5) is 3.05. The number of nitrogens with zero attached hydrogens (tertiary/aromatic N) is 1. The van der Waals surface area contributed by atoms with E-state index in [9.17, 15) is 0 Å². The van der Waals surface area contributed by atoms with Crippen LogP contribution in [0.2, 0.25) is 0 Å². The number of H-pyrrole nitrogens is 1. The molecule has 2 nitrogen and oxygen atoms in total. The topological polar surface area (TPSA) is 19.7 Å². The van der Waals surface area contributed by atoms with E-state index in [1.54, 1.807) is 0 Å². The molecule has 0 aliphatic carbocycles. The van der Waals surface area contributed by atoms with Crippen molar-refractivity contribution >= 4 is 5.70 Å². The molecule has 2 aromatic rings.